The molecule has 1 unspecified atom stereocenters. The largest absolute Gasteiger partial charge is 0.497 e. The molecule has 2 rings (SSSR count). The minimum Gasteiger partial charge on any atom is -0.497 e. The number of guanidine groups is 1. The Hall–Kier alpha value is -2.10. The number of hydrogen-bond donors (Lipinski definition) is 2. The maximum Gasteiger partial charge on any atom is 0.191 e. The number of nitrogens with zero attached hydrogens (tertiary/aromatic N) is 4. The minimum absolute atomic E-state index is 0. The van der Waals surface area contributed by atoms with E-state index in [0.29, 0.717) is 19.0 Å². The van der Waals surface area contributed by atoms with E-state index >= 15 is 0 Å². The molecule has 1 heterocycles. The third-order valence-electron chi connectivity index (χ3n) is 4.53. The van der Waals surface area contributed by atoms with Crippen LogP contribution >= 0.6 is 24.0 Å². The monoisotopic (exact) mass is 498 g/mol. The second-order valence-corrected chi connectivity index (χ2v) is 6.45. The lowest BCUT2D eigenvalue weighted by molar-refractivity contribution is 0.414. The highest BCUT2D eigenvalue weighted by atomic mass is 127. The van der Waals surface area contributed by atoms with Crippen LogP contribution < -0.4 is 15.4 Å². The molecule has 154 valence electrons. The summed E-state index contributed by atoms with van der Waals surface area (Å²) in [5, 5.41) is 14.8. The van der Waals surface area contributed by atoms with Crippen LogP contribution in [0.1, 0.15) is 36.5 Å². The third-order valence-corrected chi connectivity index (χ3v) is 4.53. The van der Waals surface area contributed by atoms with Gasteiger partial charge in [0.05, 0.1) is 7.11 Å². The molecule has 0 aliphatic rings. The number of aromatic nitrogens is 3. The van der Waals surface area contributed by atoms with Gasteiger partial charge in [-0.2, -0.15) is 0 Å². The average molecular weight is 498 g/mol. The first-order chi connectivity index (χ1) is 13.0. The molecule has 7 nitrogen and oxygen atoms in total. The Morgan fingerprint density at radius 2 is 2.00 bits per heavy atom. The Morgan fingerprint density at radius 3 is 2.57 bits per heavy atom. The SMILES string of the molecule is C=CCNC(=NCc1nnc(C)n1C)NCCC(C)c1ccc(OC)cc1.I. The van der Waals surface area contributed by atoms with Gasteiger partial charge in [-0.25, -0.2) is 4.99 Å². The molecule has 1 atom stereocenters. The molecule has 1 aromatic carbocycles. The molecule has 0 bridgehead atoms. The average Bonchev–Trinajstić information content (AvgIpc) is 3.01. The van der Waals surface area contributed by atoms with Gasteiger partial charge in [-0.3, -0.25) is 0 Å². The van der Waals surface area contributed by atoms with Crippen LogP contribution in [-0.2, 0) is 13.6 Å². The smallest absolute Gasteiger partial charge is 0.191 e. The fraction of sp³-hybridized carbons (Fsp3) is 0.450. The number of rotatable bonds is 9. The van der Waals surface area contributed by atoms with E-state index in [1.807, 2.05) is 36.7 Å². The number of aryl methyl sites for hydroxylation is 1. The fourth-order valence-electron chi connectivity index (χ4n) is 2.59. The molecule has 0 fully saturated rings. The number of ether oxygens (including phenoxy) is 1. The molecule has 1 aromatic heterocycles. The van der Waals surface area contributed by atoms with Crippen molar-refractivity contribution in [3.8, 4) is 5.75 Å². The van der Waals surface area contributed by atoms with Crippen LogP contribution in [0.2, 0.25) is 0 Å². The molecular formula is C20H31IN6O. The molecule has 0 saturated carbocycles. The molecule has 0 aliphatic carbocycles. The van der Waals surface area contributed by atoms with E-state index in [4.69, 9.17) is 4.74 Å². The van der Waals surface area contributed by atoms with E-state index in [1.165, 1.54) is 5.56 Å². The highest BCUT2D eigenvalue weighted by Gasteiger charge is 2.08. The second kappa shape index (κ2) is 12.4. The van der Waals surface area contributed by atoms with Crippen molar-refractivity contribution in [2.45, 2.75) is 32.7 Å². The fourth-order valence-corrected chi connectivity index (χ4v) is 2.59. The van der Waals surface area contributed by atoms with E-state index in [9.17, 15) is 0 Å². The van der Waals surface area contributed by atoms with E-state index in [2.05, 4.69) is 51.5 Å². The van der Waals surface area contributed by atoms with Crippen LogP contribution in [0.4, 0.5) is 0 Å². The zero-order chi connectivity index (χ0) is 19.6. The topological polar surface area (TPSA) is 76.4 Å². The van der Waals surface area contributed by atoms with Gasteiger partial charge in [-0.15, -0.1) is 40.8 Å². The summed E-state index contributed by atoms with van der Waals surface area (Å²) in [4.78, 5) is 4.60. The van der Waals surface area contributed by atoms with Crippen molar-refractivity contribution in [1.29, 1.82) is 0 Å². The van der Waals surface area contributed by atoms with Crippen molar-refractivity contribution in [2.24, 2.45) is 12.0 Å². The van der Waals surface area contributed by atoms with Gasteiger partial charge in [-0.05, 0) is 37.0 Å². The molecule has 2 N–H and O–H groups in total. The summed E-state index contributed by atoms with van der Waals surface area (Å²) in [6.45, 7) is 9.83. The summed E-state index contributed by atoms with van der Waals surface area (Å²) < 4.78 is 7.16. The van der Waals surface area contributed by atoms with Crippen molar-refractivity contribution in [3.63, 3.8) is 0 Å². The standard InChI is InChI=1S/C20H30N6O.HI/c1-6-12-21-20(23-14-19-25-24-16(3)26(19)4)22-13-11-15(2)17-7-9-18(27-5)10-8-17;/h6-10,15H,1,11-14H2,2-5H3,(H2,21,22,23);1H. The Labute approximate surface area is 184 Å². The zero-order valence-electron chi connectivity index (χ0n) is 17.1. The molecule has 28 heavy (non-hydrogen) atoms. The molecule has 2 aromatic rings. The molecule has 0 saturated heterocycles. The lowest BCUT2D eigenvalue weighted by atomic mass is 9.98. The van der Waals surface area contributed by atoms with Gasteiger partial charge >= 0.3 is 0 Å². The predicted molar refractivity (Wildman–Crippen MR) is 125 cm³/mol. The normalized spacial score (nSPS) is 12.1. The zero-order valence-corrected chi connectivity index (χ0v) is 19.4. The maximum atomic E-state index is 5.22. The first-order valence-corrected chi connectivity index (χ1v) is 9.17. The number of benzene rings is 1. The lowest BCUT2D eigenvalue weighted by Gasteiger charge is -2.15. The molecule has 0 spiro atoms. The van der Waals surface area contributed by atoms with Crippen molar-refractivity contribution in [2.75, 3.05) is 20.2 Å². The first-order valence-electron chi connectivity index (χ1n) is 9.17. The lowest BCUT2D eigenvalue weighted by Crippen LogP contribution is -2.38. The van der Waals surface area contributed by atoms with Crippen molar-refractivity contribution < 1.29 is 4.74 Å². The minimum atomic E-state index is 0. The van der Waals surface area contributed by atoms with Gasteiger partial charge in [0.25, 0.3) is 0 Å². The number of halogens is 1. The van der Waals surface area contributed by atoms with Gasteiger partial charge in [-0.1, -0.05) is 25.1 Å². The van der Waals surface area contributed by atoms with Gasteiger partial charge in [0.1, 0.15) is 18.1 Å². The van der Waals surface area contributed by atoms with Crippen LogP contribution in [0.25, 0.3) is 0 Å². The highest BCUT2D eigenvalue weighted by Crippen LogP contribution is 2.21. The van der Waals surface area contributed by atoms with Crippen LogP contribution in [0.3, 0.4) is 0 Å². The third kappa shape index (κ3) is 7.14. The summed E-state index contributed by atoms with van der Waals surface area (Å²) in [6, 6.07) is 8.23. The van der Waals surface area contributed by atoms with Gasteiger partial charge in [0.2, 0.25) is 0 Å². The van der Waals surface area contributed by atoms with Crippen LogP contribution in [0.15, 0.2) is 41.9 Å². The quantitative estimate of drug-likeness (QED) is 0.241. The Morgan fingerprint density at radius 1 is 1.29 bits per heavy atom. The summed E-state index contributed by atoms with van der Waals surface area (Å²) >= 11 is 0. The number of nitrogens with one attached hydrogen (secondary N) is 2. The molecule has 0 radical (unpaired) electrons. The summed E-state index contributed by atoms with van der Waals surface area (Å²) in [7, 11) is 3.63. The first kappa shape index (κ1) is 23.9. The summed E-state index contributed by atoms with van der Waals surface area (Å²) in [6.07, 6.45) is 2.80. The van der Waals surface area contributed by atoms with Crippen molar-refractivity contribution in [3.05, 3.63) is 54.1 Å². The summed E-state index contributed by atoms with van der Waals surface area (Å²) in [5.74, 6) is 3.77. The number of aliphatic imine (C=N–C) groups is 1. The maximum absolute atomic E-state index is 5.22. The predicted octanol–water partition coefficient (Wildman–Crippen LogP) is 3.17. The molecular weight excluding hydrogens is 467 g/mol. The second-order valence-electron chi connectivity index (χ2n) is 6.45. The van der Waals surface area contributed by atoms with E-state index in [1.54, 1.807) is 7.11 Å². The van der Waals surface area contributed by atoms with E-state index < -0.39 is 0 Å². The van der Waals surface area contributed by atoms with Crippen LogP contribution in [0.5, 0.6) is 5.75 Å². The Balaban J connectivity index is 0.00000392. The summed E-state index contributed by atoms with van der Waals surface area (Å²) in [5.41, 5.74) is 1.30. The van der Waals surface area contributed by atoms with Crippen LogP contribution in [0, 0.1) is 6.92 Å². The molecule has 0 aliphatic heterocycles. The van der Waals surface area contributed by atoms with Crippen LogP contribution in [-0.4, -0.2) is 40.9 Å². The van der Waals surface area contributed by atoms with Gasteiger partial charge in [0, 0.05) is 20.1 Å². The van der Waals surface area contributed by atoms with Gasteiger partial charge < -0.3 is 19.9 Å². The van der Waals surface area contributed by atoms with E-state index in [-0.39, 0.29) is 24.0 Å². The Bertz CT molecular complexity index is 757. The Kier molecular flexibility index (Phi) is 10.6. The highest BCUT2D eigenvalue weighted by molar-refractivity contribution is 14.0. The molecule has 8 heteroatoms. The van der Waals surface area contributed by atoms with E-state index in [0.717, 1.165) is 36.3 Å². The van der Waals surface area contributed by atoms with Gasteiger partial charge in [0.15, 0.2) is 11.8 Å². The number of hydrogen-bond acceptors (Lipinski definition) is 4. The number of methoxy groups -OCH3 is 1. The molecule has 0 amide bonds. The van der Waals surface area contributed by atoms with Crippen molar-refractivity contribution >= 4 is 29.9 Å². The van der Waals surface area contributed by atoms with Crippen molar-refractivity contribution in [1.82, 2.24) is 25.4 Å².